The first kappa shape index (κ1) is 26.9. The van der Waals surface area contributed by atoms with Crippen molar-refractivity contribution in [2.75, 3.05) is 13.1 Å². The Morgan fingerprint density at radius 3 is 2.34 bits per heavy atom. The average molecular weight is 498 g/mol. The second kappa shape index (κ2) is 10.9. The van der Waals surface area contributed by atoms with E-state index in [2.05, 4.69) is 23.5 Å². The normalized spacial score (nSPS) is 17.5. The van der Waals surface area contributed by atoms with Gasteiger partial charge in [-0.1, -0.05) is 54.6 Å². The minimum atomic E-state index is -1.06. The molecular formula is C28H36ClN3O3. The van der Waals surface area contributed by atoms with Crippen LogP contribution >= 0.6 is 12.4 Å². The predicted molar refractivity (Wildman–Crippen MR) is 140 cm³/mol. The molecule has 1 spiro atoms. The van der Waals surface area contributed by atoms with Crippen LogP contribution in [0, 0.1) is 0 Å². The summed E-state index contributed by atoms with van der Waals surface area (Å²) < 4.78 is 0. The van der Waals surface area contributed by atoms with E-state index in [0.717, 1.165) is 36.8 Å². The molecule has 3 N–H and O–H groups in total. The number of halogens is 1. The molecule has 0 saturated carbocycles. The molecule has 2 aliphatic rings. The lowest BCUT2D eigenvalue weighted by Gasteiger charge is -2.41. The molecule has 1 atom stereocenters. The molecule has 6 nitrogen and oxygen atoms in total. The van der Waals surface area contributed by atoms with Gasteiger partial charge in [0.15, 0.2) is 5.78 Å². The molecule has 1 aliphatic heterocycles. The van der Waals surface area contributed by atoms with Gasteiger partial charge in [-0.05, 0) is 57.1 Å². The lowest BCUT2D eigenvalue weighted by molar-refractivity contribution is -0.139. The Kier molecular flexibility index (Phi) is 8.39. The second-order valence-corrected chi connectivity index (χ2v) is 10.4. The summed E-state index contributed by atoms with van der Waals surface area (Å²) in [5.74, 6) is -0.181. The number of hydrogen-bond donors (Lipinski definition) is 2. The van der Waals surface area contributed by atoms with Gasteiger partial charge in [0.2, 0.25) is 11.8 Å². The van der Waals surface area contributed by atoms with Gasteiger partial charge in [0.1, 0.15) is 6.04 Å². The number of piperidine rings is 1. The Morgan fingerprint density at radius 2 is 1.69 bits per heavy atom. The topological polar surface area (TPSA) is 92.5 Å². The van der Waals surface area contributed by atoms with Crippen molar-refractivity contribution in [3.63, 3.8) is 0 Å². The Morgan fingerprint density at radius 1 is 1.06 bits per heavy atom. The smallest absolute Gasteiger partial charge is 0.245 e. The van der Waals surface area contributed by atoms with Crippen LogP contribution in [0.3, 0.4) is 0 Å². The summed E-state index contributed by atoms with van der Waals surface area (Å²) in [5.41, 5.74) is 7.94. The van der Waals surface area contributed by atoms with E-state index in [1.54, 1.807) is 13.8 Å². The Balaban J connectivity index is 0.00000342. The summed E-state index contributed by atoms with van der Waals surface area (Å²) in [4.78, 5) is 40.6. The molecule has 2 amide bonds. The number of amides is 2. The fourth-order valence-corrected chi connectivity index (χ4v) is 5.26. The summed E-state index contributed by atoms with van der Waals surface area (Å²) in [5, 5.41) is 2.91. The van der Waals surface area contributed by atoms with Crippen molar-refractivity contribution in [2.45, 2.75) is 69.4 Å². The summed E-state index contributed by atoms with van der Waals surface area (Å²) >= 11 is 0. The van der Waals surface area contributed by atoms with Gasteiger partial charge in [-0.2, -0.15) is 0 Å². The number of ketones is 1. The van der Waals surface area contributed by atoms with Crippen molar-refractivity contribution >= 4 is 30.0 Å². The van der Waals surface area contributed by atoms with Crippen molar-refractivity contribution in [2.24, 2.45) is 5.73 Å². The van der Waals surface area contributed by atoms with Crippen molar-refractivity contribution < 1.29 is 14.4 Å². The second-order valence-electron chi connectivity index (χ2n) is 10.4. The summed E-state index contributed by atoms with van der Waals surface area (Å²) in [7, 11) is 0. The van der Waals surface area contributed by atoms with Crippen LogP contribution < -0.4 is 11.1 Å². The number of benzene rings is 2. The fourth-order valence-electron chi connectivity index (χ4n) is 5.26. The number of Topliss-reactive ketones (excluding diaryl/α,β-unsaturated/α-hetero) is 1. The molecule has 2 aromatic rings. The van der Waals surface area contributed by atoms with E-state index >= 15 is 0 Å². The molecule has 2 aromatic carbocycles. The van der Waals surface area contributed by atoms with Gasteiger partial charge in [-0.15, -0.1) is 12.4 Å². The first-order valence-electron chi connectivity index (χ1n) is 12.2. The fraction of sp³-hybridized carbons (Fsp3) is 0.464. The molecular weight excluding hydrogens is 462 g/mol. The number of carbonyl (C=O) groups excluding carboxylic acids is 3. The molecule has 0 unspecified atom stereocenters. The summed E-state index contributed by atoms with van der Waals surface area (Å²) in [6.07, 6.45) is 4.22. The first-order valence-corrected chi connectivity index (χ1v) is 12.2. The van der Waals surface area contributed by atoms with E-state index < -0.39 is 11.6 Å². The standard InChI is InChI=1S/C28H35N3O3.ClH/c1-27(2,29)26(34)30-23(14-8-11-20-9-4-3-5-10-20)25(33)31-17-15-28(16-18-31)19-24(32)21-12-6-7-13-22(21)28;/h3-7,9-10,12-13,23H,8,11,14-19,29H2,1-2H3,(H,30,34);1H/t23-;/m1./s1. The van der Waals surface area contributed by atoms with Gasteiger partial charge in [0, 0.05) is 30.5 Å². The van der Waals surface area contributed by atoms with Crippen LogP contribution in [0.4, 0.5) is 0 Å². The number of rotatable bonds is 7. The van der Waals surface area contributed by atoms with E-state index in [-0.39, 0.29) is 35.4 Å². The number of likely N-dealkylation sites (tertiary alicyclic amines) is 1. The predicted octanol–water partition coefficient (Wildman–Crippen LogP) is 3.80. The van der Waals surface area contributed by atoms with Gasteiger partial charge in [-0.25, -0.2) is 0 Å². The van der Waals surface area contributed by atoms with Crippen LogP contribution in [0.5, 0.6) is 0 Å². The van der Waals surface area contributed by atoms with Gasteiger partial charge < -0.3 is 16.0 Å². The zero-order valence-electron chi connectivity index (χ0n) is 20.6. The van der Waals surface area contributed by atoms with Crippen LogP contribution in [0.1, 0.15) is 67.4 Å². The maximum atomic E-state index is 13.5. The third kappa shape index (κ3) is 5.93. The van der Waals surface area contributed by atoms with E-state index in [1.807, 2.05) is 41.3 Å². The van der Waals surface area contributed by atoms with E-state index in [1.165, 1.54) is 5.56 Å². The number of fused-ring (bicyclic) bond motifs is 2. The molecule has 1 fully saturated rings. The highest BCUT2D eigenvalue weighted by atomic mass is 35.5. The molecule has 188 valence electrons. The highest BCUT2D eigenvalue weighted by Crippen LogP contribution is 2.46. The number of nitrogens with zero attached hydrogens (tertiary/aromatic N) is 1. The molecule has 0 aromatic heterocycles. The molecule has 7 heteroatoms. The molecule has 35 heavy (non-hydrogen) atoms. The van der Waals surface area contributed by atoms with Crippen molar-refractivity contribution in [1.29, 1.82) is 0 Å². The van der Waals surface area contributed by atoms with Crippen LogP contribution in [-0.2, 0) is 21.4 Å². The van der Waals surface area contributed by atoms with Crippen LogP contribution in [0.25, 0.3) is 0 Å². The van der Waals surface area contributed by atoms with E-state index in [9.17, 15) is 14.4 Å². The summed E-state index contributed by atoms with van der Waals surface area (Å²) in [6.45, 7) is 4.45. The third-order valence-electron chi connectivity index (χ3n) is 7.32. The number of nitrogens with one attached hydrogen (secondary N) is 1. The third-order valence-corrected chi connectivity index (χ3v) is 7.32. The minimum Gasteiger partial charge on any atom is -0.343 e. The van der Waals surface area contributed by atoms with Crippen LogP contribution in [-0.4, -0.2) is 47.2 Å². The highest BCUT2D eigenvalue weighted by Gasteiger charge is 2.46. The van der Waals surface area contributed by atoms with Gasteiger partial charge in [0.25, 0.3) is 0 Å². The molecule has 1 aliphatic carbocycles. The molecule has 1 heterocycles. The van der Waals surface area contributed by atoms with Crippen molar-refractivity contribution in [3.8, 4) is 0 Å². The van der Waals surface area contributed by atoms with E-state index in [0.29, 0.717) is 25.9 Å². The zero-order valence-corrected chi connectivity index (χ0v) is 21.4. The van der Waals surface area contributed by atoms with Gasteiger partial charge >= 0.3 is 0 Å². The molecule has 4 rings (SSSR count). The molecule has 0 radical (unpaired) electrons. The number of carbonyl (C=O) groups is 3. The molecule has 1 saturated heterocycles. The summed E-state index contributed by atoms with van der Waals surface area (Å²) in [6, 6.07) is 17.4. The van der Waals surface area contributed by atoms with Crippen LogP contribution in [0.2, 0.25) is 0 Å². The number of aryl methyl sites for hydroxylation is 1. The largest absolute Gasteiger partial charge is 0.343 e. The average Bonchev–Trinajstić information content (AvgIpc) is 3.10. The Labute approximate surface area is 214 Å². The highest BCUT2D eigenvalue weighted by molar-refractivity contribution is 6.02. The number of nitrogens with two attached hydrogens (primary N) is 1. The first-order chi connectivity index (χ1) is 16.2. The quantitative estimate of drug-likeness (QED) is 0.608. The molecule has 0 bridgehead atoms. The van der Waals surface area contributed by atoms with Crippen molar-refractivity contribution in [3.05, 3.63) is 71.3 Å². The van der Waals surface area contributed by atoms with E-state index in [4.69, 9.17) is 5.73 Å². The number of hydrogen-bond acceptors (Lipinski definition) is 4. The monoisotopic (exact) mass is 497 g/mol. The maximum absolute atomic E-state index is 13.5. The Hall–Kier alpha value is -2.70. The lowest BCUT2D eigenvalue weighted by atomic mass is 9.73. The van der Waals surface area contributed by atoms with Crippen LogP contribution in [0.15, 0.2) is 54.6 Å². The SMILES string of the molecule is CC(C)(N)C(=O)N[C@H](CCCc1ccccc1)C(=O)N1CCC2(CC1)CC(=O)c1ccccc12.Cl. The Bertz CT molecular complexity index is 1060. The van der Waals surface area contributed by atoms with Gasteiger partial charge in [-0.3, -0.25) is 14.4 Å². The van der Waals surface area contributed by atoms with Crippen molar-refractivity contribution in [1.82, 2.24) is 10.2 Å². The maximum Gasteiger partial charge on any atom is 0.245 e. The van der Waals surface area contributed by atoms with Gasteiger partial charge in [0.05, 0.1) is 5.54 Å². The minimum absolute atomic E-state index is 0. The lowest BCUT2D eigenvalue weighted by Crippen LogP contribution is -2.57. The zero-order chi connectivity index (χ0) is 24.3.